The minimum atomic E-state index is -4.52. The Balaban J connectivity index is 2.76. The lowest BCUT2D eigenvalue weighted by atomic mass is 10.1. The first kappa shape index (κ1) is 10.5. The number of primary amides is 1. The second-order valence-electron chi connectivity index (χ2n) is 3.18. The van der Waals surface area contributed by atoms with Gasteiger partial charge < -0.3 is 10.7 Å². The molecule has 0 atom stereocenters. The van der Waals surface area contributed by atoms with Gasteiger partial charge in [0.1, 0.15) is 5.52 Å². The van der Waals surface area contributed by atoms with Crippen LogP contribution in [0.2, 0.25) is 0 Å². The Morgan fingerprint density at radius 1 is 1.38 bits per heavy atom. The van der Waals surface area contributed by atoms with Gasteiger partial charge >= 0.3 is 6.18 Å². The van der Waals surface area contributed by atoms with Gasteiger partial charge in [-0.25, -0.2) is 4.98 Å². The van der Waals surface area contributed by atoms with Crippen molar-refractivity contribution < 1.29 is 18.0 Å². The number of nitrogens with two attached hydrogens (primary N) is 1. The lowest BCUT2D eigenvalue weighted by Crippen LogP contribution is -2.14. The molecular weight excluding hydrogens is 223 g/mol. The molecule has 4 nitrogen and oxygen atoms in total. The smallest absolute Gasteiger partial charge is 0.366 e. The predicted octanol–water partition coefficient (Wildman–Crippen LogP) is 1.68. The first-order chi connectivity index (χ1) is 7.39. The molecule has 0 unspecified atom stereocenters. The topological polar surface area (TPSA) is 71.8 Å². The molecule has 0 aliphatic carbocycles. The van der Waals surface area contributed by atoms with E-state index in [4.69, 9.17) is 5.73 Å². The summed E-state index contributed by atoms with van der Waals surface area (Å²) in [6.07, 6.45) is -3.32. The number of imidazole rings is 1. The monoisotopic (exact) mass is 229 g/mol. The Bertz CT molecular complexity index is 559. The highest BCUT2D eigenvalue weighted by atomic mass is 19.4. The van der Waals surface area contributed by atoms with Crippen molar-refractivity contribution in [3.8, 4) is 0 Å². The Morgan fingerprint density at radius 2 is 2.06 bits per heavy atom. The molecule has 0 spiro atoms. The quantitative estimate of drug-likeness (QED) is 0.780. The zero-order valence-electron chi connectivity index (χ0n) is 7.80. The first-order valence-corrected chi connectivity index (χ1v) is 4.23. The third-order valence-corrected chi connectivity index (χ3v) is 2.12. The van der Waals surface area contributed by atoms with Gasteiger partial charge in [-0.2, -0.15) is 13.2 Å². The summed E-state index contributed by atoms with van der Waals surface area (Å²) in [5.41, 5.74) is 4.08. The number of aromatic amines is 1. The first-order valence-electron chi connectivity index (χ1n) is 4.23. The maximum Gasteiger partial charge on any atom is 0.416 e. The molecule has 7 heteroatoms. The van der Waals surface area contributed by atoms with E-state index in [1.807, 2.05) is 0 Å². The normalized spacial score (nSPS) is 11.9. The highest BCUT2D eigenvalue weighted by Crippen LogP contribution is 2.32. The van der Waals surface area contributed by atoms with Crippen molar-refractivity contribution in [3.05, 3.63) is 29.6 Å². The average Bonchev–Trinajstić information content (AvgIpc) is 2.61. The van der Waals surface area contributed by atoms with Crippen LogP contribution in [0.25, 0.3) is 11.0 Å². The number of H-pyrrole nitrogens is 1. The van der Waals surface area contributed by atoms with Gasteiger partial charge in [0.05, 0.1) is 23.0 Å². The van der Waals surface area contributed by atoms with Crippen molar-refractivity contribution in [3.63, 3.8) is 0 Å². The lowest BCUT2D eigenvalue weighted by Gasteiger charge is -2.07. The van der Waals surface area contributed by atoms with Crippen molar-refractivity contribution >= 4 is 16.9 Å². The summed E-state index contributed by atoms with van der Waals surface area (Å²) in [7, 11) is 0. The number of halogens is 3. The molecule has 1 amide bonds. The molecule has 0 fully saturated rings. The minimum absolute atomic E-state index is 0.128. The number of amides is 1. The fourth-order valence-corrected chi connectivity index (χ4v) is 1.40. The van der Waals surface area contributed by atoms with E-state index in [0.29, 0.717) is 6.07 Å². The third kappa shape index (κ3) is 1.60. The van der Waals surface area contributed by atoms with Crippen LogP contribution in [0.3, 0.4) is 0 Å². The summed E-state index contributed by atoms with van der Waals surface area (Å²) in [5.74, 6) is -0.941. The van der Waals surface area contributed by atoms with E-state index in [1.165, 1.54) is 6.33 Å². The predicted molar refractivity (Wildman–Crippen MR) is 49.6 cm³/mol. The van der Waals surface area contributed by atoms with Crippen LogP contribution in [-0.4, -0.2) is 15.9 Å². The summed E-state index contributed by atoms with van der Waals surface area (Å²) in [4.78, 5) is 17.2. The van der Waals surface area contributed by atoms with Crippen molar-refractivity contribution in [1.82, 2.24) is 9.97 Å². The summed E-state index contributed by atoms with van der Waals surface area (Å²) >= 11 is 0. The van der Waals surface area contributed by atoms with Gasteiger partial charge in [-0.3, -0.25) is 4.79 Å². The van der Waals surface area contributed by atoms with E-state index in [-0.39, 0.29) is 16.6 Å². The SMILES string of the molecule is NC(=O)c1cc(C(F)(F)F)cc2[nH]cnc12. The second-order valence-corrected chi connectivity index (χ2v) is 3.18. The van der Waals surface area contributed by atoms with E-state index in [2.05, 4.69) is 9.97 Å². The Morgan fingerprint density at radius 3 is 2.62 bits per heavy atom. The van der Waals surface area contributed by atoms with Gasteiger partial charge in [-0.1, -0.05) is 0 Å². The molecule has 16 heavy (non-hydrogen) atoms. The number of benzene rings is 1. The molecule has 0 aliphatic rings. The summed E-state index contributed by atoms with van der Waals surface area (Å²) < 4.78 is 37.4. The van der Waals surface area contributed by atoms with E-state index < -0.39 is 17.6 Å². The minimum Gasteiger partial charge on any atom is -0.366 e. The fraction of sp³-hybridized carbons (Fsp3) is 0.111. The van der Waals surface area contributed by atoms with Crippen molar-refractivity contribution in [2.45, 2.75) is 6.18 Å². The number of fused-ring (bicyclic) bond motifs is 1. The largest absolute Gasteiger partial charge is 0.416 e. The molecule has 1 aromatic heterocycles. The summed E-state index contributed by atoms with van der Waals surface area (Å²) in [6, 6.07) is 1.58. The number of hydrogen-bond donors (Lipinski definition) is 2. The second kappa shape index (κ2) is 3.22. The van der Waals surface area contributed by atoms with Crippen LogP contribution in [0.5, 0.6) is 0 Å². The molecule has 0 saturated carbocycles. The van der Waals surface area contributed by atoms with Gasteiger partial charge in [0.25, 0.3) is 5.91 Å². The number of nitrogens with one attached hydrogen (secondary N) is 1. The van der Waals surface area contributed by atoms with Crippen LogP contribution >= 0.6 is 0 Å². The molecule has 0 saturated heterocycles. The van der Waals surface area contributed by atoms with E-state index in [9.17, 15) is 18.0 Å². The van der Waals surface area contributed by atoms with E-state index in [0.717, 1.165) is 6.07 Å². The highest BCUT2D eigenvalue weighted by molar-refractivity contribution is 6.04. The maximum atomic E-state index is 12.5. The van der Waals surface area contributed by atoms with Crippen molar-refractivity contribution in [1.29, 1.82) is 0 Å². The number of hydrogen-bond acceptors (Lipinski definition) is 2. The third-order valence-electron chi connectivity index (χ3n) is 2.12. The van der Waals surface area contributed by atoms with Crippen LogP contribution in [0.15, 0.2) is 18.5 Å². The summed E-state index contributed by atoms with van der Waals surface area (Å²) in [6.45, 7) is 0. The molecule has 1 heterocycles. The van der Waals surface area contributed by atoms with Crippen LogP contribution in [-0.2, 0) is 6.18 Å². The molecule has 0 bridgehead atoms. The number of nitrogens with zero attached hydrogens (tertiary/aromatic N) is 1. The van der Waals surface area contributed by atoms with Crippen LogP contribution in [0.1, 0.15) is 15.9 Å². The van der Waals surface area contributed by atoms with Crippen molar-refractivity contribution in [2.75, 3.05) is 0 Å². The molecule has 0 radical (unpaired) electrons. The van der Waals surface area contributed by atoms with Gasteiger partial charge in [0.15, 0.2) is 0 Å². The lowest BCUT2D eigenvalue weighted by molar-refractivity contribution is -0.137. The fourth-order valence-electron chi connectivity index (χ4n) is 1.40. The molecule has 0 aliphatic heterocycles. The standard InChI is InChI=1S/C9H6F3N3O/c10-9(11,12)4-1-5(8(13)16)7-6(2-4)14-3-15-7/h1-3H,(H2,13,16)(H,14,15). The molecule has 84 valence electrons. The molecule has 3 N–H and O–H groups in total. The van der Waals surface area contributed by atoms with E-state index >= 15 is 0 Å². The average molecular weight is 229 g/mol. The number of carbonyl (C=O) groups excluding carboxylic acids is 1. The van der Waals surface area contributed by atoms with E-state index in [1.54, 1.807) is 0 Å². The van der Waals surface area contributed by atoms with Gasteiger partial charge in [-0.15, -0.1) is 0 Å². The summed E-state index contributed by atoms with van der Waals surface area (Å²) in [5, 5.41) is 0. The number of rotatable bonds is 1. The maximum absolute atomic E-state index is 12.5. The number of alkyl halides is 3. The Labute approximate surface area is 87.3 Å². The zero-order chi connectivity index (χ0) is 11.9. The number of aromatic nitrogens is 2. The van der Waals surface area contributed by atoms with Crippen LogP contribution in [0.4, 0.5) is 13.2 Å². The molecule has 1 aromatic carbocycles. The zero-order valence-corrected chi connectivity index (χ0v) is 7.80. The van der Waals surface area contributed by atoms with Gasteiger partial charge in [0.2, 0.25) is 0 Å². The Hall–Kier alpha value is -2.05. The van der Waals surface area contributed by atoms with Crippen LogP contribution < -0.4 is 5.73 Å². The van der Waals surface area contributed by atoms with Crippen molar-refractivity contribution in [2.24, 2.45) is 5.73 Å². The molecule has 2 rings (SSSR count). The van der Waals surface area contributed by atoms with Gasteiger partial charge in [0, 0.05) is 0 Å². The molecular formula is C9H6F3N3O. The molecule has 2 aromatic rings. The number of carbonyl (C=O) groups is 1. The van der Waals surface area contributed by atoms with Gasteiger partial charge in [-0.05, 0) is 12.1 Å². The highest BCUT2D eigenvalue weighted by Gasteiger charge is 2.32. The Kier molecular flexibility index (Phi) is 2.11. The van der Waals surface area contributed by atoms with Crippen LogP contribution in [0, 0.1) is 0 Å².